The molecule has 0 fully saturated rings. The van der Waals surface area contributed by atoms with Gasteiger partial charge in [0.05, 0.1) is 6.61 Å². The smallest absolute Gasteiger partial charge is 0.0615 e. The summed E-state index contributed by atoms with van der Waals surface area (Å²) < 4.78 is 0. The van der Waals surface area contributed by atoms with E-state index in [1.165, 1.54) is 32.1 Å². The minimum absolute atomic E-state index is 0.134. The Labute approximate surface area is 88.5 Å². The Kier molecular flexibility index (Phi) is 10.1. The van der Waals surface area contributed by atoms with Gasteiger partial charge >= 0.3 is 0 Å². The van der Waals surface area contributed by atoms with Gasteiger partial charge in [0.1, 0.15) is 0 Å². The van der Waals surface area contributed by atoms with Crippen LogP contribution < -0.4 is 0 Å². The summed E-state index contributed by atoms with van der Waals surface area (Å²) in [4.78, 5) is 0. The van der Waals surface area contributed by atoms with Crippen molar-refractivity contribution in [2.75, 3.05) is 6.61 Å². The molecule has 0 aromatic heterocycles. The molecule has 0 bridgehead atoms. The van der Waals surface area contributed by atoms with Gasteiger partial charge in [0.2, 0.25) is 0 Å². The number of unbranched alkanes of at least 4 members (excludes halogenated alkanes) is 3. The largest absolute Gasteiger partial charge is 0.392 e. The Morgan fingerprint density at radius 1 is 1.14 bits per heavy atom. The van der Waals surface area contributed by atoms with Crippen LogP contribution >= 0.6 is 0 Å². The van der Waals surface area contributed by atoms with E-state index in [1.807, 2.05) is 12.2 Å². The lowest BCUT2D eigenvalue weighted by Crippen LogP contribution is -1.89. The van der Waals surface area contributed by atoms with Crippen LogP contribution in [0.1, 0.15) is 46.0 Å². The SMILES string of the molecule is CCCCCC[C@@H](C)/C=C/C=C/CO. The van der Waals surface area contributed by atoms with Crippen LogP contribution in [0.3, 0.4) is 0 Å². The Hall–Kier alpha value is -0.560. The zero-order valence-corrected chi connectivity index (χ0v) is 9.58. The highest BCUT2D eigenvalue weighted by Gasteiger charge is 1.95. The lowest BCUT2D eigenvalue weighted by Gasteiger charge is -2.04. The van der Waals surface area contributed by atoms with Crippen molar-refractivity contribution in [1.82, 2.24) is 0 Å². The van der Waals surface area contributed by atoms with Crippen molar-refractivity contribution >= 4 is 0 Å². The first-order chi connectivity index (χ1) is 6.81. The number of rotatable bonds is 8. The molecule has 0 rings (SSSR count). The fourth-order valence-corrected chi connectivity index (χ4v) is 1.38. The molecule has 0 aromatic rings. The summed E-state index contributed by atoms with van der Waals surface area (Å²) in [7, 11) is 0. The molecule has 1 atom stereocenters. The first kappa shape index (κ1) is 13.4. The van der Waals surface area contributed by atoms with Crippen LogP contribution in [0.2, 0.25) is 0 Å². The van der Waals surface area contributed by atoms with Crippen LogP contribution in [0.4, 0.5) is 0 Å². The Balaban J connectivity index is 3.39. The summed E-state index contributed by atoms with van der Waals surface area (Å²) in [5, 5.41) is 8.51. The Bertz CT molecular complexity index is 159. The fourth-order valence-electron chi connectivity index (χ4n) is 1.38. The van der Waals surface area contributed by atoms with E-state index in [4.69, 9.17) is 5.11 Å². The number of hydrogen-bond donors (Lipinski definition) is 1. The molecule has 0 aliphatic carbocycles. The number of hydrogen-bond acceptors (Lipinski definition) is 1. The molecule has 1 N–H and O–H groups in total. The average molecular weight is 196 g/mol. The molecule has 1 nitrogen and oxygen atoms in total. The maximum atomic E-state index is 8.51. The fraction of sp³-hybridized carbons (Fsp3) is 0.692. The number of allylic oxidation sites excluding steroid dienone is 3. The standard InChI is InChI=1S/C13H24O/c1-3-4-5-7-10-13(2)11-8-6-9-12-14/h6,8-9,11,13-14H,3-5,7,10,12H2,1-2H3/b9-6+,11-8+/t13-/m1/s1. The molecule has 0 heterocycles. The van der Waals surface area contributed by atoms with E-state index in [9.17, 15) is 0 Å². The second-order valence-electron chi connectivity index (χ2n) is 3.82. The van der Waals surface area contributed by atoms with Crippen LogP contribution in [0.25, 0.3) is 0 Å². The van der Waals surface area contributed by atoms with Crippen molar-refractivity contribution in [2.24, 2.45) is 5.92 Å². The van der Waals surface area contributed by atoms with E-state index in [0.29, 0.717) is 5.92 Å². The lowest BCUT2D eigenvalue weighted by molar-refractivity contribution is 0.343. The summed E-state index contributed by atoms with van der Waals surface area (Å²) >= 11 is 0. The second kappa shape index (κ2) is 10.5. The van der Waals surface area contributed by atoms with Crippen LogP contribution in [-0.4, -0.2) is 11.7 Å². The molecule has 82 valence electrons. The van der Waals surface area contributed by atoms with Gasteiger partial charge < -0.3 is 5.11 Å². The van der Waals surface area contributed by atoms with Crippen LogP contribution in [0.15, 0.2) is 24.3 Å². The van der Waals surface area contributed by atoms with Gasteiger partial charge in [-0.1, -0.05) is 63.8 Å². The highest BCUT2D eigenvalue weighted by atomic mass is 16.2. The van der Waals surface area contributed by atoms with E-state index in [2.05, 4.69) is 19.9 Å². The topological polar surface area (TPSA) is 20.2 Å². The van der Waals surface area contributed by atoms with Gasteiger partial charge in [0.25, 0.3) is 0 Å². The Morgan fingerprint density at radius 3 is 2.57 bits per heavy atom. The van der Waals surface area contributed by atoms with Crippen LogP contribution in [-0.2, 0) is 0 Å². The van der Waals surface area contributed by atoms with Gasteiger partial charge in [-0.15, -0.1) is 0 Å². The molecule has 0 saturated heterocycles. The second-order valence-corrected chi connectivity index (χ2v) is 3.82. The van der Waals surface area contributed by atoms with Gasteiger partial charge in [-0.3, -0.25) is 0 Å². The molecule has 0 aliphatic rings. The molecular formula is C13H24O. The summed E-state index contributed by atoms with van der Waals surface area (Å²) in [6, 6.07) is 0. The van der Waals surface area contributed by atoms with Crippen molar-refractivity contribution in [3.05, 3.63) is 24.3 Å². The maximum Gasteiger partial charge on any atom is 0.0615 e. The van der Waals surface area contributed by atoms with Gasteiger partial charge in [-0.2, -0.15) is 0 Å². The third-order valence-electron chi connectivity index (χ3n) is 2.31. The minimum Gasteiger partial charge on any atom is -0.392 e. The van der Waals surface area contributed by atoms with Crippen molar-refractivity contribution < 1.29 is 5.11 Å². The number of aliphatic hydroxyl groups is 1. The van der Waals surface area contributed by atoms with Crippen molar-refractivity contribution in [1.29, 1.82) is 0 Å². The monoisotopic (exact) mass is 196 g/mol. The third-order valence-corrected chi connectivity index (χ3v) is 2.31. The minimum atomic E-state index is 0.134. The van der Waals surface area contributed by atoms with Crippen molar-refractivity contribution in [3.8, 4) is 0 Å². The number of aliphatic hydroxyl groups excluding tert-OH is 1. The summed E-state index contributed by atoms with van der Waals surface area (Å²) in [5.41, 5.74) is 0. The zero-order chi connectivity index (χ0) is 10.6. The summed E-state index contributed by atoms with van der Waals surface area (Å²) in [5.74, 6) is 0.662. The van der Waals surface area contributed by atoms with E-state index in [0.717, 1.165) is 0 Å². The molecule has 0 saturated carbocycles. The molecule has 0 radical (unpaired) electrons. The molecule has 0 spiro atoms. The maximum absolute atomic E-state index is 8.51. The summed E-state index contributed by atoms with van der Waals surface area (Å²) in [6.45, 7) is 4.62. The van der Waals surface area contributed by atoms with Crippen LogP contribution in [0, 0.1) is 5.92 Å². The predicted octanol–water partition coefficient (Wildman–Crippen LogP) is 3.70. The van der Waals surface area contributed by atoms with E-state index >= 15 is 0 Å². The van der Waals surface area contributed by atoms with Crippen molar-refractivity contribution in [3.63, 3.8) is 0 Å². The quantitative estimate of drug-likeness (QED) is 0.463. The molecule has 0 amide bonds. The van der Waals surface area contributed by atoms with E-state index < -0.39 is 0 Å². The van der Waals surface area contributed by atoms with Crippen LogP contribution in [0.5, 0.6) is 0 Å². The molecule has 1 heteroatoms. The van der Waals surface area contributed by atoms with Gasteiger partial charge in [0, 0.05) is 0 Å². The normalized spacial score (nSPS) is 14.2. The van der Waals surface area contributed by atoms with Gasteiger partial charge in [-0.05, 0) is 12.3 Å². The highest BCUT2D eigenvalue weighted by molar-refractivity contribution is 5.03. The van der Waals surface area contributed by atoms with Gasteiger partial charge in [-0.25, -0.2) is 0 Å². The molecule has 0 unspecified atom stereocenters. The third kappa shape index (κ3) is 9.53. The Morgan fingerprint density at radius 2 is 1.93 bits per heavy atom. The highest BCUT2D eigenvalue weighted by Crippen LogP contribution is 2.11. The van der Waals surface area contributed by atoms with E-state index in [-0.39, 0.29) is 6.61 Å². The van der Waals surface area contributed by atoms with E-state index in [1.54, 1.807) is 6.08 Å². The summed E-state index contributed by atoms with van der Waals surface area (Å²) in [6.07, 6.45) is 14.5. The molecule has 14 heavy (non-hydrogen) atoms. The lowest BCUT2D eigenvalue weighted by atomic mass is 10.0. The predicted molar refractivity (Wildman–Crippen MR) is 63.3 cm³/mol. The first-order valence-electron chi connectivity index (χ1n) is 5.75. The molecular weight excluding hydrogens is 172 g/mol. The zero-order valence-electron chi connectivity index (χ0n) is 9.58. The molecule has 0 aliphatic heterocycles. The first-order valence-corrected chi connectivity index (χ1v) is 5.75. The molecule has 0 aromatic carbocycles. The van der Waals surface area contributed by atoms with Crippen molar-refractivity contribution in [2.45, 2.75) is 46.0 Å². The van der Waals surface area contributed by atoms with Gasteiger partial charge in [0.15, 0.2) is 0 Å². The average Bonchev–Trinajstić information content (AvgIpc) is 2.19.